The van der Waals surface area contributed by atoms with Crippen LogP contribution < -0.4 is 15.4 Å². The molecule has 0 heterocycles. The van der Waals surface area contributed by atoms with Crippen molar-refractivity contribution in [1.29, 1.82) is 0 Å². The van der Waals surface area contributed by atoms with E-state index in [-0.39, 0.29) is 18.2 Å². The normalized spacial score (nSPS) is 14.2. The fourth-order valence-corrected chi connectivity index (χ4v) is 3.26. The van der Waals surface area contributed by atoms with Gasteiger partial charge in [-0.2, -0.15) is 0 Å². The van der Waals surface area contributed by atoms with Gasteiger partial charge in [0.05, 0.1) is 19.1 Å². The molecule has 0 bridgehead atoms. The number of rotatable bonds is 11. The molecule has 0 radical (unpaired) electrons. The van der Waals surface area contributed by atoms with Crippen molar-refractivity contribution in [3.8, 4) is 5.75 Å². The van der Waals surface area contributed by atoms with Crippen LogP contribution in [0.25, 0.3) is 0 Å². The van der Waals surface area contributed by atoms with Crippen LogP contribution in [0.2, 0.25) is 0 Å². The predicted octanol–water partition coefficient (Wildman–Crippen LogP) is 2.15. The Morgan fingerprint density at radius 2 is 1.80 bits per heavy atom. The van der Waals surface area contributed by atoms with Crippen molar-refractivity contribution < 1.29 is 24.3 Å². The fraction of sp³-hybridized carbons (Fsp3) is 0.591. The Balaban J connectivity index is 2.91. The Labute approximate surface area is 178 Å². The van der Waals surface area contributed by atoms with E-state index in [0.717, 1.165) is 17.7 Å². The Bertz CT molecular complexity index is 700. The lowest BCUT2D eigenvalue weighted by molar-refractivity contribution is -0.166. The van der Waals surface area contributed by atoms with Crippen molar-refractivity contribution in [2.75, 3.05) is 14.2 Å². The van der Waals surface area contributed by atoms with Gasteiger partial charge in [0, 0.05) is 7.05 Å². The van der Waals surface area contributed by atoms with Gasteiger partial charge in [0.1, 0.15) is 11.8 Å². The van der Waals surface area contributed by atoms with Gasteiger partial charge in [0.15, 0.2) is 0 Å². The van der Waals surface area contributed by atoms with Crippen LogP contribution in [0.4, 0.5) is 0 Å². The monoisotopic (exact) mass is 421 g/mol. The van der Waals surface area contributed by atoms with Crippen LogP contribution in [0.1, 0.15) is 46.1 Å². The molecule has 30 heavy (non-hydrogen) atoms. The lowest BCUT2D eigenvalue weighted by Crippen LogP contribution is -2.56. The minimum atomic E-state index is -0.741. The van der Waals surface area contributed by atoms with E-state index < -0.39 is 23.4 Å². The van der Waals surface area contributed by atoms with Crippen LogP contribution in [0.15, 0.2) is 24.3 Å². The number of hydrogen-bond donors (Lipinski definition) is 3. The highest BCUT2D eigenvalue weighted by atomic mass is 16.5. The maximum atomic E-state index is 13.0. The summed E-state index contributed by atoms with van der Waals surface area (Å²) in [5.74, 6) is -0.569. The first-order valence-electron chi connectivity index (χ1n) is 10.1. The largest absolute Gasteiger partial charge is 0.497 e. The minimum absolute atomic E-state index is 0.286. The molecule has 1 aromatic carbocycles. The van der Waals surface area contributed by atoms with E-state index in [1.807, 2.05) is 45.0 Å². The second-order valence-electron chi connectivity index (χ2n) is 8.49. The van der Waals surface area contributed by atoms with Gasteiger partial charge in [-0.05, 0) is 49.3 Å². The van der Waals surface area contributed by atoms with Crippen LogP contribution in [-0.2, 0) is 20.8 Å². The molecule has 0 aromatic heterocycles. The van der Waals surface area contributed by atoms with Gasteiger partial charge in [-0.1, -0.05) is 32.9 Å². The molecule has 0 aliphatic heterocycles. The Morgan fingerprint density at radius 3 is 2.27 bits per heavy atom. The zero-order chi connectivity index (χ0) is 22.9. The lowest BCUT2D eigenvalue weighted by Gasteiger charge is -2.33. The smallest absolute Gasteiger partial charge is 0.242 e. The van der Waals surface area contributed by atoms with Gasteiger partial charge in [-0.3, -0.25) is 19.6 Å². The summed E-state index contributed by atoms with van der Waals surface area (Å²) in [5, 5.41) is 15.7. The van der Waals surface area contributed by atoms with Gasteiger partial charge >= 0.3 is 0 Å². The van der Waals surface area contributed by atoms with Crippen molar-refractivity contribution >= 4 is 18.2 Å². The standard InChI is InChI=1S/C22H35N3O5/c1-15(25(29)14-26)18(9-7-8-16-10-12-17(30-6)13-11-16)20(27)24-19(21(28)23-5)22(2,3)4/h10-15,18-19,29H,7-9H2,1-6H3,(H,23,28)(H,24,27)/t15-,18+,19+/m0/s1. The number of benzene rings is 1. The molecule has 3 amide bonds. The van der Waals surface area contributed by atoms with Gasteiger partial charge in [-0.15, -0.1) is 0 Å². The highest BCUT2D eigenvalue weighted by Crippen LogP contribution is 2.23. The molecule has 1 aromatic rings. The summed E-state index contributed by atoms with van der Waals surface area (Å²) >= 11 is 0. The second kappa shape index (κ2) is 11.5. The number of hydrogen-bond acceptors (Lipinski definition) is 5. The summed E-state index contributed by atoms with van der Waals surface area (Å²) in [6.45, 7) is 7.19. The first-order chi connectivity index (χ1) is 14.0. The molecule has 0 aliphatic carbocycles. The van der Waals surface area contributed by atoms with Gasteiger partial charge in [0.2, 0.25) is 18.2 Å². The summed E-state index contributed by atoms with van der Waals surface area (Å²) < 4.78 is 5.15. The lowest BCUT2D eigenvalue weighted by atomic mass is 9.85. The van der Waals surface area contributed by atoms with Crippen molar-refractivity contribution in [2.24, 2.45) is 11.3 Å². The maximum Gasteiger partial charge on any atom is 0.242 e. The Hall–Kier alpha value is -2.61. The van der Waals surface area contributed by atoms with E-state index in [4.69, 9.17) is 4.74 Å². The molecule has 0 saturated carbocycles. The molecule has 3 N–H and O–H groups in total. The van der Waals surface area contributed by atoms with E-state index in [0.29, 0.717) is 17.9 Å². The topological polar surface area (TPSA) is 108 Å². The summed E-state index contributed by atoms with van der Waals surface area (Å²) in [6.07, 6.45) is 2.12. The number of carbonyl (C=O) groups excluding carboxylic acids is 3. The Morgan fingerprint density at radius 1 is 1.20 bits per heavy atom. The molecule has 8 nitrogen and oxygen atoms in total. The average Bonchev–Trinajstić information content (AvgIpc) is 2.72. The highest BCUT2D eigenvalue weighted by Gasteiger charge is 2.36. The van der Waals surface area contributed by atoms with Crippen LogP contribution in [-0.4, -0.2) is 54.7 Å². The van der Waals surface area contributed by atoms with Crippen LogP contribution in [0.5, 0.6) is 5.75 Å². The number of hydroxylamine groups is 2. The fourth-order valence-electron chi connectivity index (χ4n) is 3.26. The summed E-state index contributed by atoms with van der Waals surface area (Å²) in [6, 6.07) is 6.20. The third-order valence-electron chi connectivity index (χ3n) is 5.25. The first kappa shape index (κ1) is 25.4. The molecule has 0 spiro atoms. The van der Waals surface area contributed by atoms with Crippen molar-refractivity contribution in [1.82, 2.24) is 15.7 Å². The van der Waals surface area contributed by atoms with E-state index >= 15 is 0 Å². The second-order valence-corrected chi connectivity index (χ2v) is 8.49. The van der Waals surface area contributed by atoms with E-state index in [1.165, 1.54) is 7.05 Å². The van der Waals surface area contributed by atoms with Crippen LogP contribution >= 0.6 is 0 Å². The zero-order valence-corrected chi connectivity index (χ0v) is 18.8. The number of carbonyl (C=O) groups is 3. The molecule has 0 unspecified atom stereocenters. The van der Waals surface area contributed by atoms with Crippen molar-refractivity contribution in [2.45, 2.75) is 59.0 Å². The molecule has 1 rings (SSSR count). The van der Waals surface area contributed by atoms with Crippen LogP contribution in [0, 0.1) is 11.3 Å². The molecular formula is C22H35N3O5. The zero-order valence-electron chi connectivity index (χ0n) is 18.8. The van der Waals surface area contributed by atoms with E-state index in [1.54, 1.807) is 14.0 Å². The average molecular weight is 422 g/mol. The minimum Gasteiger partial charge on any atom is -0.497 e. The number of nitrogens with one attached hydrogen (secondary N) is 2. The number of likely N-dealkylation sites (N-methyl/N-ethyl adjacent to an activating group) is 1. The quantitative estimate of drug-likeness (QED) is 0.288. The van der Waals surface area contributed by atoms with Crippen LogP contribution in [0.3, 0.4) is 0 Å². The molecule has 0 aliphatic rings. The molecule has 3 atom stereocenters. The third kappa shape index (κ3) is 7.33. The number of nitrogens with zero attached hydrogens (tertiary/aromatic N) is 1. The number of methoxy groups -OCH3 is 1. The number of ether oxygens (including phenoxy) is 1. The molecule has 0 saturated heterocycles. The molecular weight excluding hydrogens is 386 g/mol. The first-order valence-corrected chi connectivity index (χ1v) is 10.1. The summed E-state index contributed by atoms with van der Waals surface area (Å²) in [4.78, 5) is 36.4. The molecule has 8 heteroatoms. The SMILES string of the molecule is CNC(=O)[C@@H](NC(=O)[C@H](CCCc1ccc(OC)cc1)[C@H](C)N(O)C=O)C(C)(C)C. The molecule has 168 valence electrons. The highest BCUT2D eigenvalue weighted by molar-refractivity contribution is 5.89. The Kier molecular flexibility index (Phi) is 9.78. The van der Waals surface area contributed by atoms with Gasteiger partial charge < -0.3 is 15.4 Å². The van der Waals surface area contributed by atoms with Gasteiger partial charge in [-0.25, -0.2) is 5.06 Å². The van der Waals surface area contributed by atoms with E-state index in [2.05, 4.69) is 10.6 Å². The van der Waals surface area contributed by atoms with Gasteiger partial charge in [0.25, 0.3) is 0 Å². The number of amides is 3. The van der Waals surface area contributed by atoms with E-state index in [9.17, 15) is 19.6 Å². The summed E-state index contributed by atoms with van der Waals surface area (Å²) in [5.41, 5.74) is 0.590. The predicted molar refractivity (Wildman–Crippen MR) is 114 cm³/mol. The maximum absolute atomic E-state index is 13.0. The van der Waals surface area contributed by atoms with Crippen molar-refractivity contribution in [3.63, 3.8) is 0 Å². The number of aryl methyl sites for hydroxylation is 1. The van der Waals surface area contributed by atoms with Crippen molar-refractivity contribution in [3.05, 3.63) is 29.8 Å². The summed E-state index contributed by atoms with van der Waals surface area (Å²) in [7, 11) is 3.13. The molecule has 0 fully saturated rings. The third-order valence-corrected chi connectivity index (χ3v) is 5.25.